The van der Waals surface area contributed by atoms with Crippen molar-refractivity contribution in [2.75, 3.05) is 5.73 Å². The van der Waals surface area contributed by atoms with Gasteiger partial charge in [-0.05, 0) is 24.3 Å². The minimum Gasteiger partial charge on any atom is -0.442 e. The van der Waals surface area contributed by atoms with Gasteiger partial charge < -0.3 is 10.3 Å². The Labute approximate surface area is 94.7 Å². The van der Waals surface area contributed by atoms with E-state index in [1.807, 2.05) is 18.2 Å². The first-order chi connectivity index (χ1) is 7.75. The second-order valence-corrected chi connectivity index (χ2v) is 4.68. The Morgan fingerprint density at radius 1 is 1.00 bits per heavy atom. The summed E-state index contributed by atoms with van der Waals surface area (Å²) < 4.78 is 17.2. The van der Waals surface area contributed by atoms with Crippen LogP contribution in [0.2, 0.25) is 0 Å². The van der Waals surface area contributed by atoms with Crippen molar-refractivity contribution in [2.45, 2.75) is 0 Å². The molecule has 0 heterocycles. The maximum Gasteiger partial charge on any atom is 0.265 e. The van der Waals surface area contributed by atoms with Crippen molar-refractivity contribution in [2.24, 2.45) is 0 Å². The van der Waals surface area contributed by atoms with Crippen molar-refractivity contribution >= 4 is 19.0 Å². The molecule has 0 saturated carbocycles. The van der Waals surface area contributed by atoms with E-state index in [2.05, 4.69) is 0 Å². The first kappa shape index (κ1) is 10.8. The Balaban J connectivity index is 2.14. The quantitative estimate of drug-likeness (QED) is 0.654. The molecule has 1 atom stereocenters. The van der Waals surface area contributed by atoms with Crippen LogP contribution in [0, 0.1) is 0 Å². The van der Waals surface area contributed by atoms with E-state index in [0.717, 1.165) is 0 Å². The van der Waals surface area contributed by atoms with E-state index in [4.69, 9.17) is 10.3 Å². The average molecular weight is 233 g/mol. The van der Waals surface area contributed by atoms with E-state index in [0.29, 0.717) is 16.7 Å². The van der Waals surface area contributed by atoms with E-state index in [9.17, 15) is 4.57 Å². The second kappa shape index (κ2) is 4.86. The summed E-state index contributed by atoms with van der Waals surface area (Å²) in [4.78, 5) is 0. The Morgan fingerprint density at radius 2 is 1.75 bits per heavy atom. The van der Waals surface area contributed by atoms with Gasteiger partial charge in [-0.1, -0.05) is 24.3 Å². The molecule has 82 valence electrons. The molecule has 2 N–H and O–H groups in total. The highest BCUT2D eigenvalue weighted by Crippen LogP contribution is 2.27. The summed E-state index contributed by atoms with van der Waals surface area (Å²) in [5.41, 5.74) is 6.20. The first-order valence-corrected chi connectivity index (χ1v) is 6.20. The van der Waals surface area contributed by atoms with Crippen molar-refractivity contribution in [3.05, 3.63) is 54.6 Å². The van der Waals surface area contributed by atoms with Gasteiger partial charge in [-0.25, -0.2) is 0 Å². The van der Waals surface area contributed by atoms with Crippen LogP contribution < -0.4 is 15.6 Å². The Morgan fingerprint density at radius 3 is 2.44 bits per heavy atom. The highest BCUT2D eigenvalue weighted by Gasteiger charge is 2.04. The number of nitrogen functional groups attached to an aromatic ring is 1. The highest BCUT2D eigenvalue weighted by atomic mass is 31.1. The van der Waals surface area contributed by atoms with E-state index < -0.39 is 8.03 Å². The number of nitrogens with two attached hydrogens (primary N) is 1. The van der Waals surface area contributed by atoms with Gasteiger partial charge in [-0.15, -0.1) is 0 Å². The molecule has 3 nitrogen and oxygen atoms in total. The van der Waals surface area contributed by atoms with Gasteiger partial charge in [0.1, 0.15) is 5.75 Å². The molecule has 0 aromatic heterocycles. The molecule has 0 aliphatic carbocycles. The number of hydrogen-bond acceptors (Lipinski definition) is 3. The second-order valence-electron chi connectivity index (χ2n) is 3.33. The molecular formula is C12H12NO2P. The van der Waals surface area contributed by atoms with E-state index in [1.54, 1.807) is 36.4 Å². The fourth-order valence-corrected chi connectivity index (χ4v) is 2.24. The zero-order valence-corrected chi connectivity index (χ0v) is 9.59. The lowest BCUT2D eigenvalue weighted by atomic mass is 10.3. The van der Waals surface area contributed by atoms with Crippen LogP contribution in [-0.2, 0) is 4.57 Å². The van der Waals surface area contributed by atoms with Crippen LogP contribution in [0.1, 0.15) is 0 Å². The summed E-state index contributed by atoms with van der Waals surface area (Å²) in [5.74, 6) is 0.535. The number of rotatable bonds is 3. The zero-order valence-electron chi connectivity index (χ0n) is 8.59. The van der Waals surface area contributed by atoms with Crippen LogP contribution in [0.15, 0.2) is 54.6 Å². The zero-order chi connectivity index (χ0) is 11.4. The standard InChI is InChI=1S/C12H12NO2P/c13-10-5-4-6-11(9-10)15-16(14)12-7-2-1-3-8-12/h1-9,16H,13H2. The SMILES string of the molecule is Nc1cccc(O[PH](=O)c2ccccc2)c1. The van der Waals surface area contributed by atoms with Crippen molar-refractivity contribution in [1.29, 1.82) is 0 Å². The lowest BCUT2D eigenvalue weighted by molar-refractivity contribution is 0.514. The van der Waals surface area contributed by atoms with Crippen LogP contribution >= 0.6 is 8.03 Å². The van der Waals surface area contributed by atoms with Crippen LogP contribution in [0.4, 0.5) is 5.69 Å². The van der Waals surface area contributed by atoms with Crippen LogP contribution in [0.25, 0.3) is 0 Å². The largest absolute Gasteiger partial charge is 0.442 e. The maximum absolute atomic E-state index is 11.8. The van der Waals surface area contributed by atoms with Gasteiger partial charge in [-0.2, -0.15) is 0 Å². The predicted octanol–water partition coefficient (Wildman–Crippen LogP) is 2.45. The number of benzene rings is 2. The third-order valence-corrected chi connectivity index (χ3v) is 3.30. The summed E-state index contributed by atoms with van der Waals surface area (Å²) in [6.07, 6.45) is 0. The smallest absolute Gasteiger partial charge is 0.265 e. The van der Waals surface area contributed by atoms with Crippen molar-refractivity contribution in [3.63, 3.8) is 0 Å². The fourth-order valence-electron chi connectivity index (χ4n) is 1.32. The van der Waals surface area contributed by atoms with E-state index in [1.165, 1.54) is 0 Å². The van der Waals surface area contributed by atoms with Gasteiger partial charge in [0.05, 0.1) is 0 Å². The third-order valence-electron chi connectivity index (χ3n) is 2.08. The lowest BCUT2D eigenvalue weighted by Gasteiger charge is -2.06. The highest BCUT2D eigenvalue weighted by molar-refractivity contribution is 7.48. The Bertz CT molecular complexity index is 499. The summed E-state index contributed by atoms with van der Waals surface area (Å²) in [6, 6.07) is 16.0. The van der Waals surface area contributed by atoms with E-state index in [-0.39, 0.29) is 0 Å². The molecule has 2 aromatic rings. The fraction of sp³-hybridized carbons (Fsp3) is 0. The molecule has 4 heteroatoms. The van der Waals surface area contributed by atoms with Crippen molar-refractivity contribution in [1.82, 2.24) is 0 Å². The van der Waals surface area contributed by atoms with Gasteiger partial charge in [0.2, 0.25) is 0 Å². The van der Waals surface area contributed by atoms with Crippen molar-refractivity contribution < 1.29 is 9.09 Å². The maximum atomic E-state index is 11.8. The summed E-state index contributed by atoms with van der Waals surface area (Å²) in [6.45, 7) is 0. The van der Waals surface area contributed by atoms with Gasteiger partial charge in [0, 0.05) is 17.1 Å². The van der Waals surface area contributed by atoms with Crippen molar-refractivity contribution in [3.8, 4) is 5.75 Å². The molecule has 0 bridgehead atoms. The minimum absolute atomic E-state index is 0.535. The Hall–Kier alpha value is -1.73. The summed E-state index contributed by atoms with van der Waals surface area (Å²) in [7, 11) is -2.24. The molecule has 0 spiro atoms. The molecule has 0 saturated heterocycles. The summed E-state index contributed by atoms with van der Waals surface area (Å²) >= 11 is 0. The van der Waals surface area contributed by atoms with Gasteiger partial charge >= 0.3 is 0 Å². The average Bonchev–Trinajstić information content (AvgIpc) is 2.30. The normalized spacial score (nSPS) is 12.0. The molecule has 2 aromatic carbocycles. The van der Waals surface area contributed by atoms with Crippen LogP contribution in [-0.4, -0.2) is 0 Å². The van der Waals surface area contributed by atoms with E-state index >= 15 is 0 Å². The minimum atomic E-state index is -2.24. The van der Waals surface area contributed by atoms with Crippen LogP contribution in [0.5, 0.6) is 5.75 Å². The molecule has 1 unspecified atom stereocenters. The first-order valence-electron chi connectivity index (χ1n) is 4.88. The molecule has 0 aliphatic rings. The molecule has 0 aliphatic heterocycles. The summed E-state index contributed by atoms with van der Waals surface area (Å²) in [5, 5.41) is 0.704. The molecule has 16 heavy (non-hydrogen) atoms. The number of anilines is 1. The topological polar surface area (TPSA) is 52.3 Å². The number of hydrogen-bond donors (Lipinski definition) is 1. The monoisotopic (exact) mass is 233 g/mol. The van der Waals surface area contributed by atoms with Gasteiger partial charge in [-0.3, -0.25) is 4.57 Å². The molecular weight excluding hydrogens is 221 g/mol. The molecule has 0 amide bonds. The Kier molecular flexibility index (Phi) is 3.28. The predicted molar refractivity (Wildman–Crippen MR) is 66.6 cm³/mol. The van der Waals surface area contributed by atoms with Gasteiger partial charge in [0.15, 0.2) is 0 Å². The molecule has 0 radical (unpaired) electrons. The molecule has 2 rings (SSSR count). The molecule has 0 fully saturated rings. The van der Waals surface area contributed by atoms with Crippen LogP contribution in [0.3, 0.4) is 0 Å². The third kappa shape index (κ3) is 2.65. The van der Waals surface area contributed by atoms with Gasteiger partial charge in [0.25, 0.3) is 8.03 Å². The lowest BCUT2D eigenvalue weighted by Crippen LogP contribution is -1.98.